The molecule has 0 spiro atoms. The molecular weight excluding hydrogens is 441 g/mol. The van der Waals surface area contributed by atoms with Crippen LogP contribution in [0.3, 0.4) is 0 Å². The minimum absolute atomic E-state index is 0.0879. The lowest BCUT2D eigenvalue weighted by Crippen LogP contribution is -2.49. The van der Waals surface area contributed by atoms with Gasteiger partial charge < -0.3 is 15.1 Å². The maximum atomic E-state index is 13.3. The van der Waals surface area contributed by atoms with Gasteiger partial charge >= 0.3 is 0 Å². The van der Waals surface area contributed by atoms with E-state index in [0.29, 0.717) is 45.0 Å². The van der Waals surface area contributed by atoms with E-state index in [1.165, 1.54) is 11.6 Å². The molecule has 0 atom stereocenters. The SMILES string of the molecule is Cc1ccc(Nc2nc(C)cc(N3CCN(C(=O)CCc4ccc(F)c(Cl)c4)CC3)n2)cc1. The number of carbonyl (C=O) groups excluding carboxylic acids is 1. The molecule has 172 valence electrons. The minimum Gasteiger partial charge on any atom is -0.353 e. The van der Waals surface area contributed by atoms with E-state index in [1.807, 2.05) is 49.1 Å². The lowest BCUT2D eigenvalue weighted by molar-refractivity contribution is -0.131. The second-order valence-corrected chi connectivity index (χ2v) is 8.71. The summed E-state index contributed by atoms with van der Waals surface area (Å²) in [5.74, 6) is 1.06. The summed E-state index contributed by atoms with van der Waals surface area (Å²) in [6.07, 6.45) is 0.914. The summed E-state index contributed by atoms with van der Waals surface area (Å²) >= 11 is 5.84. The molecule has 0 unspecified atom stereocenters. The number of carbonyl (C=O) groups is 1. The van der Waals surface area contributed by atoms with E-state index in [0.717, 1.165) is 22.8 Å². The van der Waals surface area contributed by atoms with Crippen molar-refractivity contribution in [3.8, 4) is 0 Å². The molecule has 3 aromatic rings. The van der Waals surface area contributed by atoms with E-state index in [4.69, 9.17) is 16.6 Å². The van der Waals surface area contributed by atoms with E-state index in [1.54, 1.807) is 12.1 Å². The van der Waals surface area contributed by atoms with E-state index >= 15 is 0 Å². The van der Waals surface area contributed by atoms with Gasteiger partial charge in [-0.25, -0.2) is 9.37 Å². The van der Waals surface area contributed by atoms with Crippen LogP contribution in [0, 0.1) is 19.7 Å². The smallest absolute Gasteiger partial charge is 0.229 e. The first-order valence-electron chi connectivity index (χ1n) is 11.0. The predicted octanol–water partition coefficient (Wildman–Crippen LogP) is 4.91. The Labute approximate surface area is 198 Å². The molecule has 0 bridgehead atoms. The zero-order chi connectivity index (χ0) is 23.4. The van der Waals surface area contributed by atoms with Crippen molar-refractivity contribution in [2.75, 3.05) is 36.4 Å². The average Bonchev–Trinajstić information content (AvgIpc) is 2.81. The minimum atomic E-state index is -0.444. The third kappa shape index (κ3) is 5.99. The van der Waals surface area contributed by atoms with Crippen molar-refractivity contribution in [1.29, 1.82) is 0 Å². The van der Waals surface area contributed by atoms with Crippen molar-refractivity contribution in [3.05, 3.63) is 76.2 Å². The fourth-order valence-corrected chi connectivity index (χ4v) is 4.03. The lowest BCUT2D eigenvalue weighted by Gasteiger charge is -2.35. The first-order valence-corrected chi connectivity index (χ1v) is 11.4. The standard InChI is InChI=1S/C25H27ClFN5O/c1-17-3-7-20(8-4-17)29-25-28-18(2)15-23(30-25)31-11-13-32(14-12-31)24(33)10-6-19-5-9-22(27)21(26)16-19/h3-5,7-9,15-16H,6,10-14H2,1-2H3,(H,28,29,30). The number of aromatic nitrogens is 2. The summed E-state index contributed by atoms with van der Waals surface area (Å²) < 4.78 is 13.3. The van der Waals surface area contributed by atoms with Crippen LogP contribution in [0.25, 0.3) is 0 Å². The number of benzene rings is 2. The van der Waals surface area contributed by atoms with Crippen LogP contribution in [0.5, 0.6) is 0 Å². The highest BCUT2D eigenvalue weighted by atomic mass is 35.5. The second-order valence-electron chi connectivity index (χ2n) is 8.30. The molecule has 2 aromatic carbocycles. The summed E-state index contributed by atoms with van der Waals surface area (Å²) in [5, 5.41) is 3.36. The van der Waals surface area contributed by atoms with E-state index in [2.05, 4.69) is 15.2 Å². The van der Waals surface area contributed by atoms with Gasteiger partial charge in [0.1, 0.15) is 11.6 Å². The second kappa shape index (κ2) is 10.2. The van der Waals surface area contributed by atoms with Crippen molar-refractivity contribution in [1.82, 2.24) is 14.9 Å². The molecule has 1 aliphatic rings. The van der Waals surface area contributed by atoms with Gasteiger partial charge in [0.15, 0.2) is 0 Å². The fourth-order valence-electron chi connectivity index (χ4n) is 3.83. The molecule has 1 N–H and O–H groups in total. The maximum absolute atomic E-state index is 13.3. The average molecular weight is 468 g/mol. The van der Waals surface area contributed by atoms with Crippen LogP contribution in [0.4, 0.5) is 21.8 Å². The summed E-state index contributed by atoms with van der Waals surface area (Å²) in [6, 6.07) is 14.7. The summed E-state index contributed by atoms with van der Waals surface area (Å²) in [7, 11) is 0. The van der Waals surface area contributed by atoms with E-state index in [-0.39, 0.29) is 10.9 Å². The Morgan fingerprint density at radius 1 is 1.03 bits per heavy atom. The van der Waals surface area contributed by atoms with E-state index < -0.39 is 5.82 Å². The normalized spacial score (nSPS) is 13.8. The highest BCUT2D eigenvalue weighted by Gasteiger charge is 2.22. The molecule has 1 aromatic heterocycles. The Balaban J connectivity index is 1.33. The fraction of sp³-hybridized carbons (Fsp3) is 0.320. The third-order valence-corrected chi connectivity index (χ3v) is 6.01. The van der Waals surface area contributed by atoms with Gasteiger partial charge in [0.2, 0.25) is 11.9 Å². The summed E-state index contributed by atoms with van der Waals surface area (Å²) in [6.45, 7) is 6.67. The summed E-state index contributed by atoms with van der Waals surface area (Å²) in [5.41, 5.74) is 3.87. The number of nitrogens with one attached hydrogen (secondary N) is 1. The Hall–Kier alpha value is -3.19. The zero-order valence-corrected chi connectivity index (χ0v) is 19.6. The molecule has 0 saturated carbocycles. The topological polar surface area (TPSA) is 61.4 Å². The van der Waals surface area contributed by atoms with Crippen molar-refractivity contribution >= 4 is 35.0 Å². The number of anilines is 3. The molecule has 0 aliphatic carbocycles. The third-order valence-electron chi connectivity index (χ3n) is 5.72. The Morgan fingerprint density at radius 3 is 2.45 bits per heavy atom. The van der Waals surface area contributed by atoms with Gasteiger partial charge in [-0.05, 0) is 50.1 Å². The number of piperazine rings is 1. The van der Waals surface area contributed by atoms with Crippen molar-refractivity contribution in [2.45, 2.75) is 26.7 Å². The van der Waals surface area contributed by atoms with Gasteiger partial charge in [-0.3, -0.25) is 4.79 Å². The van der Waals surface area contributed by atoms with Gasteiger partial charge in [0, 0.05) is 50.0 Å². The predicted molar refractivity (Wildman–Crippen MR) is 130 cm³/mol. The first kappa shape index (κ1) is 23.0. The molecule has 4 rings (SSSR count). The van der Waals surface area contributed by atoms with Crippen LogP contribution in [0.1, 0.15) is 23.2 Å². The van der Waals surface area contributed by atoms with Crippen LogP contribution in [0.15, 0.2) is 48.5 Å². The number of amides is 1. The summed E-state index contributed by atoms with van der Waals surface area (Å²) in [4.78, 5) is 25.9. The lowest BCUT2D eigenvalue weighted by atomic mass is 10.1. The number of halogens is 2. The Morgan fingerprint density at radius 2 is 1.76 bits per heavy atom. The molecule has 6 nitrogen and oxygen atoms in total. The molecule has 1 aliphatic heterocycles. The Bertz CT molecular complexity index is 1130. The number of nitrogens with zero attached hydrogens (tertiary/aromatic N) is 4. The number of hydrogen-bond acceptors (Lipinski definition) is 5. The number of hydrogen-bond donors (Lipinski definition) is 1. The highest BCUT2D eigenvalue weighted by Crippen LogP contribution is 2.21. The van der Waals surface area contributed by atoms with Crippen molar-refractivity contribution in [3.63, 3.8) is 0 Å². The number of aryl methyl sites for hydroxylation is 3. The first-order chi connectivity index (χ1) is 15.9. The van der Waals surface area contributed by atoms with Crippen LogP contribution in [-0.4, -0.2) is 47.0 Å². The van der Waals surface area contributed by atoms with Crippen LogP contribution < -0.4 is 10.2 Å². The molecule has 33 heavy (non-hydrogen) atoms. The quantitative estimate of drug-likeness (QED) is 0.558. The molecule has 2 heterocycles. The zero-order valence-electron chi connectivity index (χ0n) is 18.8. The molecule has 8 heteroatoms. The van der Waals surface area contributed by atoms with Gasteiger partial charge in [-0.1, -0.05) is 35.4 Å². The van der Waals surface area contributed by atoms with Crippen molar-refractivity contribution in [2.24, 2.45) is 0 Å². The van der Waals surface area contributed by atoms with Gasteiger partial charge in [-0.15, -0.1) is 0 Å². The van der Waals surface area contributed by atoms with Gasteiger partial charge in [-0.2, -0.15) is 4.98 Å². The van der Waals surface area contributed by atoms with Crippen molar-refractivity contribution < 1.29 is 9.18 Å². The maximum Gasteiger partial charge on any atom is 0.229 e. The number of rotatable bonds is 6. The molecule has 1 saturated heterocycles. The molecule has 1 fully saturated rings. The van der Waals surface area contributed by atoms with Crippen LogP contribution >= 0.6 is 11.6 Å². The Kier molecular flexibility index (Phi) is 7.08. The monoisotopic (exact) mass is 467 g/mol. The van der Waals surface area contributed by atoms with Gasteiger partial charge in [0.25, 0.3) is 0 Å². The van der Waals surface area contributed by atoms with Crippen LogP contribution in [0.2, 0.25) is 5.02 Å². The highest BCUT2D eigenvalue weighted by molar-refractivity contribution is 6.30. The molecule has 1 amide bonds. The molecule has 0 radical (unpaired) electrons. The van der Waals surface area contributed by atoms with E-state index in [9.17, 15) is 9.18 Å². The van der Waals surface area contributed by atoms with Gasteiger partial charge in [0.05, 0.1) is 5.02 Å². The van der Waals surface area contributed by atoms with Crippen LogP contribution in [-0.2, 0) is 11.2 Å². The largest absolute Gasteiger partial charge is 0.353 e. The molecular formula is C25H27ClFN5O.